The van der Waals surface area contributed by atoms with Gasteiger partial charge < -0.3 is 14.5 Å². The molecular weight excluding hydrogens is 306 g/mol. The number of fused-ring (bicyclic) bond motifs is 1. The van der Waals surface area contributed by atoms with Crippen LogP contribution < -0.4 is 10.1 Å². The summed E-state index contributed by atoms with van der Waals surface area (Å²) >= 11 is 0. The number of para-hydroxylation sites is 1. The Morgan fingerprint density at radius 1 is 1.25 bits per heavy atom. The van der Waals surface area contributed by atoms with Crippen molar-refractivity contribution in [2.75, 3.05) is 6.61 Å². The average Bonchev–Trinajstić information content (AvgIpc) is 3.03. The number of benzene rings is 1. The van der Waals surface area contributed by atoms with Crippen LogP contribution in [0.3, 0.4) is 0 Å². The van der Waals surface area contributed by atoms with E-state index in [9.17, 15) is 9.59 Å². The molecule has 0 fully saturated rings. The Hall–Kier alpha value is -3.15. The monoisotopic (exact) mass is 323 g/mol. The smallest absolute Gasteiger partial charge is 0.258 e. The zero-order valence-electron chi connectivity index (χ0n) is 13.2. The van der Waals surface area contributed by atoms with Gasteiger partial charge in [0.05, 0.1) is 17.8 Å². The number of rotatable bonds is 6. The minimum absolute atomic E-state index is 0.156. The second-order valence-electron chi connectivity index (χ2n) is 5.35. The van der Waals surface area contributed by atoms with Crippen molar-refractivity contribution in [3.05, 3.63) is 65.6 Å². The summed E-state index contributed by atoms with van der Waals surface area (Å²) in [5.74, 6) is 0.121. The Kier molecular flexibility index (Phi) is 4.56. The number of imidazole rings is 1. The van der Waals surface area contributed by atoms with Crippen molar-refractivity contribution in [2.45, 2.75) is 13.5 Å². The number of aldehydes is 1. The fourth-order valence-corrected chi connectivity index (χ4v) is 2.38. The average molecular weight is 323 g/mol. The van der Waals surface area contributed by atoms with Gasteiger partial charge >= 0.3 is 0 Å². The first kappa shape index (κ1) is 15.7. The molecule has 0 bridgehead atoms. The van der Waals surface area contributed by atoms with E-state index >= 15 is 0 Å². The number of pyridine rings is 1. The minimum atomic E-state index is -0.274. The van der Waals surface area contributed by atoms with Crippen molar-refractivity contribution >= 4 is 17.8 Å². The van der Waals surface area contributed by atoms with Crippen molar-refractivity contribution in [1.82, 2.24) is 14.7 Å². The van der Waals surface area contributed by atoms with E-state index in [-0.39, 0.29) is 12.5 Å². The van der Waals surface area contributed by atoms with Gasteiger partial charge in [0.1, 0.15) is 11.4 Å². The van der Waals surface area contributed by atoms with E-state index in [0.717, 1.165) is 17.0 Å². The van der Waals surface area contributed by atoms with Crippen LogP contribution >= 0.6 is 0 Å². The first-order valence-electron chi connectivity index (χ1n) is 7.54. The molecule has 0 aliphatic rings. The Bertz CT molecular complexity index is 886. The van der Waals surface area contributed by atoms with Gasteiger partial charge in [0.2, 0.25) is 0 Å². The fraction of sp³-hybridized carbons (Fsp3) is 0.167. The third-order valence-electron chi connectivity index (χ3n) is 3.62. The minimum Gasteiger partial charge on any atom is -0.483 e. The normalized spacial score (nSPS) is 10.5. The van der Waals surface area contributed by atoms with Gasteiger partial charge in [-0.25, -0.2) is 4.98 Å². The van der Waals surface area contributed by atoms with Gasteiger partial charge in [-0.05, 0) is 31.2 Å². The molecule has 1 N–H and O–H groups in total. The summed E-state index contributed by atoms with van der Waals surface area (Å²) in [7, 11) is 0. The highest BCUT2D eigenvalue weighted by Crippen LogP contribution is 2.15. The maximum Gasteiger partial charge on any atom is 0.258 e. The maximum absolute atomic E-state index is 11.9. The summed E-state index contributed by atoms with van der Waals surface area (Å²) in [4.78, 5) is 27.3. The molecule has 0 aliphatic heterocycles. The molecule has 6 heteroatoms. The lowest BCUT2D eigenvalue weighted by Gasteiger charge is -2.08. The molecule has 0 saturated heterocycles. The predicted octanol–water partition coefficient (Wildman–Crippen LogP) is 2.15. The van der Waals surface area contributed by atoms with Crippen LogP contribution in [0.15, 0.2) is 48.7 Å². The van der Waals surface area contributed by atoms with Gasteiger partial charge in [-0.1, -0.05) is 18.2 Å². The third kappa shape index (κ3) is 3.43. The van der Waals surface area contributed by atoms with Crippen molar-refractivity contribution < 1.29 is 14.3 Å². The lowest BCUT2D eigenvalue weighted by Crippen LogP contribution is -2.28. The second kappa shape index (κ2) is 6.95. The van der Waals surface area contributed by atoms with Crippen LogP contribution in [-0.4, -0.2) is 28.2 Å². The number of nitrogens with zero attached hydrogens (tertiary/aromatic N) is 2. The van der Waals surface area contributed by atoms with Crippen molar-refractivity contribution in [1.29, 1.82) is 0 Å². The predicted molar refractivity (Wildman–Crippen MR) is 89.1 cm³/mol. The molecule has 3 rings (SSSR count). The molecule has 0 spiro atoms. The van der Waals surface area contributed by atoms with Gasteiger partial charge in [0.15, 0.2) is 12.9 Å². The number of hydrogen-bond donors (Lipinski definition) is 1. The number of carbonyl (C=O) groups is 2. The SMILES string of the molecule is Cc1cccc2nc(CNC(=O)COc3ccccc3C=O)cn12. The van der Waals surface area contributed by atoms with Gasteiger partial charge in [0.25, 0.3) is 5.91 Å². The molecule has 3 aromatic rings. The number of nitrogens with one attached hydrogen (secondary N) is 1. The zero-order chi connectivity index (χ0) is 16.9. The highest BCUT2D eigenvalue weighted by Gasteiger charge is 2.08. The maximum atomic E-state index is 11.9. The van der Waals surface area contributed by atoms with Crippen LogP contribution in [-0.2, 0) is 11.3 Å². The van der Waals surface area contributed by atoms with Crippen LogP contribution in [0.2, 0.25) is 0 Å². The molecule has 0 aliphatic carbocycles. The van der Waals surface area contributed by atoms with Gasteiger partial charge in [-0.15, -0.1) is 0 Å². The van der Waals surface area contributed by atoms with E-state index < -0.39 is 0 Å². The van der Waals surface area contributed by atoms with Crippen LogP contribution in [0.5, 0.6) is 5.75 Å². The second-order valence-corrected chi connectivity index (χ2v) is 5.35. The molecule has 2 heterocycles. The third-order valence-corrected chi connectivity index (χ3v) is 3.62. The summed E-state index contributed by atoms with van der Waals surface area (Å²) in [5, 5.41) is 2.76. The zero-order valence-corrected chi connectivity index (χ0v) is 13.2. The summed E-state index contributed by atoms with van der Waals surface area (Å²) in [6, 6.07) is 12.6. The van der Waals surface area contributed by atoms with E-state index in [1.165, 1.54) is 0 Å². The van der Waals surface area contributed by atoms with E-state index in [1.54, 1.807) is 24.3 Å². The van der Waals surface area contributed by atoms with Gasteiger partial charge in [0, 0.05) is 11.9 Å². The highest BCUT2D eigenvalue weighted by atomic mass is 16.5. The summed E-state index contributed by atoms with van der Waals surface area (Å²) in [6.07, 6.45) is 2.60. The summed E-state index contributed by atoms with van der Waals surface area (Å²) in [6.45, 7) is 2.16. The quantitative estimate of drug-likeness (QED) is 0.706. The van der Waals surface area contributed by atoms with E-state index in [2.05, 4.69) is 10.3 Å². The Balaban J connectivity index is 1.57. The molecule has 6 nitrogen and oxygen atoms in total. The van der Waals surface area contributed by atoms with Gasteiger partial charge in [-0.2, -0.15) is 0 Å². The number of ether oxygens (including phenoxy) is 1. The van der Waals surface area contributed by atoms with Crippen molar-refractivity contribution in [3.63, 3.8) is 0 Å². The number of aromatic nitrogens is 2. The molecule has 0 radical (unpaired) electrons. The number of carbonyl (C=O) groups excluding carboxylic acids is 2. The Labute approximate surface area is 139 Å². The number of amides is 1. The van der Waals surface area contributed by atoms with E-state index in [0.29, 0.717) is 24.1 Å². The fourth-order valence-electron chi connectivity index (χ4n) is 2.38. The Morgan fingerprint density at radius 3 is 2.88 bits per heavy atom. The number of aryl methyl sites for hydroxylation is 1. The largest absolute Gasteiger partial charge is 0.483 e. The molecule has 24 heavy (non-hydrogen) atoms. The molecule has 0 atom stereocenters. The summed E-state index contributed by atoms with van der Waals surface area (Å²) < 4.78 is 7.36. The molecule has 0 unspecified atom stereocenters. The first-order valence-corrected chi connectivity index (χ1v) is 7.54. The lowest BCUT2D eigenvalue weighted by atomic mass is 10.2. The standard InChI is InChI=1S/C18H17N3O3/c1-13-5-4-8-17-20-15(10-21(13)17)9-19-18(23)12-24-16-7-3-2-6-14(16)11-22/h2-8,10-11H,9,12H2,1H3,(H,19,23). The lowest BCUT2D eigenvalue weighted by molar-refractivity contribution is -0.123. The molecule has 1 aromatic carbocycles. The topological polar surface area (TPSA) is 72.7 Å². The molecule has 0 saturated carbocycles. The first-order chi connectivity index (χ1) is 11.7. The Morgan fingerprint density at radius 2 is 2.08 bits per heavy atom. The molecule has 1 amide bonds. The van der Waals surface area contributed by atoms with E-state index in [4.69, 9.17) is 4.74 Å². The van der Waals surface area contributed by atoms with Crippen molar-refractivity contribution in [2.24, 2.45) is 0 Å². The van der Waals surface area contributed by atoms with Crippen LogP contribution in [0.1, 0.15) is 21.7 Å². The van der Waals surface area contributed by atoms with Gasteiger partial charge in [-0.3, -0.25) is 9.59 Å². The van der Waals surface area contributed by atoms with E-state index in [1.807, 2.05) is 35.7 Å². The molecule has 122 valence electrons. The van der Waals surface area contributed by atoms with Crippen molar-refractivity contribution in [3.8, 4) is 5.75 Å². The van der Waals surface area contributed by atoms with Crippen LogP contribution in [0, 0.1) is 6.92 Å². The van der Waals surface area contributed by atoms with Crippen LogP contribution in [0.25, 0.3) is 5.65 Å². The number of hydrogen-bond acceptors (Lipinski definition) is 4. The summed E-state index contributed by atoms with van der Waals surface area (Å²) in [5.41, 5.74) is 3.11. The highest BCUT2D eigenvalue weighted by molar-refractivity contribution is 5.80. The molecule has 2 aromatic heterocycles. The van der Waals surface area contributed by atoms with Crippen LogP contribution in [0.4, 0.5) is 0 Å². The molecular formula is C18H17N3O3.